The molecule has 0 saturated carbocycles. The molecule has 3 nitrogen and oxygen atoms in total. The molecule has 0 heterocycles. The van der Waals surface area contributed by atoms with Gasteiger partial charge in [0.2, 0.25) is 5.78 Å². The molecule has 0 bridgehead atoms. The number of ketones is 1. The Labute approximate surface area is 92.0 Å². The number of Topliss-reactive ketones (excluding diaryl/α,β-unsaturated/α-hetero) is 1. The highest BCUT2D eigenvalue weighted by atomic mass is 19.4. The summed E-state index contributed by atoms with van der Waals surface area (Å²) >= 11 is 0. The Hall–Kier alpha value is -1.07. The van der Waals surface area contributed by atoms with Crippen molar-refractivity contribution in [2.75, 3.05) is 6.61 Å². The van der Waals surface area contributed by atoms with Gasteiger partial charge in [-0.05, 0) is 27.2 Å². The highest BCUT2D eigenvalue weighted by molar-refractivity contribution is 5.85. The lowest BCUT2D eigenvalue weighted by molar-refractivity contribution is -0.172. The van der Waals surface area contributed by atoms with E-state index in [1.165, 1.54) is 13.8 Å². The molecule has 0 aliphatic rings. The molecule has 0 saturated heterocycles. The monoisotopic (exact) mass is 240 g/mol. The molecule has 0 amide bonds. The summed E-state index contributed by atoms with van der Waals surface area (Å²) in [6.07, 6.45) is -5.70. The first kappa shape index (κ1) is 14.9. The van der Waals surface area contributed by atoms with Crippen LogP contribution in [0.3, 0.4) is 0 Å². The number of ether oxygens (including phenoxy) is 1. The molecule has 0 atom stereocenters. The van der Waals surface area contributed by atoms with Gasteiger partial charge in [-0.3, -0.25) is 9.59 Å². The number of rotatable bonds is 5. The van der Waals surface area contributed by atoms with E-state index in [-0.39, 0.29) is 13.0 Å². The Morgan fingerprint density at radius 2 is 1.69 bits per heavy atom. The average Bonchev–Trinajstić information content (AvgIpc) is 2.13. The van der Waals surface area contributed by atoms with Gasteiger partial charge in [0.05, 0.1) is 12.0 Å². The number of carbonyl (C=O) groups is 2. The molecule has 94 valence electrons. The third-order valence-corrected chi connectivity index (χ3v) is 2.12. The number of carbonyl (C=O) groups excluding carboxylic acids is 2. The van der Waals surface area contributed by atoms with Crippen molar-refractivity contribution in [3.8, 4) is 0 Å². The third-order valence-electron chi connectivity index (χ3n) is 2.12. The van der Waals surface area contributed by atoms with Gasteiger partial charge in [0.15, 0.2) is 0 Å². The van der Waals surface area contributed by atoms with Gasteiger partial charge in [0.25, 0.3) is 0 Å². The summed E-state index contributed by atoms with van der Waals surface area (Å²) in [5.41, 5.74) is -1.07. The summed E-state index contributed by atoms with van der Waals surface area (Å²) in [5, 5.41) is 0. The van der Waals surface area contributed by atoms with Gasteiger partial charge in [-0.15, -0.1) is 0 Å². The van der Waals surface area contributed by atoms with E-state index < -0.39 is 29.8 Å². The van der Waals surface area contributed by atoms with Gasteiger partial charge < -0.3 is 4.74 Å². The van der Waals surface area contributed by atoms with Crippen LogP contribution in [0.1, 0.15) is 33.6 Å². The summed E-state index contributed by atoms with van der Waals surface area (Å²) in [5.74, 6) is -2.41. The van der Waals surface area contributed by atoms with E-state index >= 15 is 0 Å². The summed E-state index contributed by atoms with van der Waals surface area (Å²) in [6.45, 7) is 4.67. The lowest BCUT2D eigenvalue weighted by atomic mass is 9.87. The molecule has 0 aliphatic heterocycles. The number of halogens is 3. The minimum Gasteiger partial charge on any atom is -0.466 e. The van der Waals surface area contributed by atoms with Crippen LogP contribution in [-0.2, 0) is 14.3 Å². The molecule has 0 aromatic carbocycles. The fourth-order valence-corrected chi connectivity index (χ4v) is 0.996. The number of alkyl halides is 3. The predicted molar refractivity (Wildman–Crippen MR) is 50.7 cm³/mol. The third kappa shape index (κ3) is 4.63. The maximum atomic E-state index is 11.9. The summed E-state index contributed by atoms with van der Waals surface area (Å²) in [6, 6.07) is 0. The zero-order valence-corrected chi connectivity index (χ0v) is 9.48. The maximum Gasteiger partial charge on any atom is 0.449 e. The second kappa shape index (κ2) is 5.32. The smallest absolute Gasteiger partial charge is 0.449 e. The van der Waals surface area contributed by atoms with Gasteiger partial charge >= 0.3 is 12.1 Å². The minimum atomic E-state index is -4.83. The van der Waals surface area contributed by atoms with E-state index in [4.69, 9.17) is 4.74 Å². The summed E-state index contributed by atoms with van der Waals surface area (Å²) < 4.78 is 40.4. The molecule has 0 spiro atoms. The number of esters is 1. The Morgan fingerprint density at radius 3 is 2.06 bits per heavy atom. The minimum absolute atomic E-state index is 0.162. The lowest BCUT2D eigenvalue weighted by Crippen LogP contribution is -2.30. The molecule has 0 unspecified atom stereocenters. The van der Waals surface area contributed by atoms with Gasteiger partial charge in [-0.2, -0.15) is 13.2 Å². The molecule has 0 aromatic rings. The van der Waals surface area contributed by atoms with E-state index in [1.54, 1.807) is 6.92 Å². The summed E-state index contributed by atoms with van der Waals surface area (Å²) in [7, 11) is 0. The van der Waals surface area contributed by atoms with Crippen molar-refractivity contribution in [1.29, 1.82) is 0 Å². The molecular weight excluding hydrogens is 225 g/mol. The molecule has 0 aromatic heterocycles. The van der Waals surface area contributed by atoms with Crippen molar-refractivity contribution >= 4 is 11.8 Å². The molecule has 6 heteroatoms. The van der Waals surface area contributed by atoms with E-state index in [1.807, 2.05) is 0 Å². The zero-order chi connectivity index (χ0) is 13.0. The second-order valence-corrected chi connectivity index (χ2v) is 4.03. The normalized spacial score (nSPS) is 12.4. The van der Waals surface area contributed by atoms with E-state index in [2.05, 4.69) is 0 Å². The Balaban J connectivity index is 4.29. The molecule has 0 fully saturated rings. The van der Waals surface area contributed by atoms with Crippen molar-refractivity contribution < 1.29 is 27.5 Å². The fraction of sp³-hybridized carbons (Fsp3) is 0.800. The quantitative estimate of drug-likeness (QED) is 0.693. The molecule has 16 heavy (non-hydrogen) atoms. The molecule has 0 radical (unpaired) electrons. The topological polar surface area (TPSA) is 43.4 Å². The highest BCUT2D eigenvalue weighted by Gasteiger charge is 2.40. The van der Waals surface area contributed by atoms with Crippen LogP contribution in [0.25, 0.3) is 0 Å². The Bertz CT molecular complexity index is 269. The van der Waals surface area contributed by atoms with Gasteiger partial charge in [0, 0.05) is 6.42 Å². The Kier molecular flexibility index (Phi) is 4.96. The second-order valence-electron chi connectivity index (χ2n) is 4.03. The predicted octanol–water partition coefficient (Wildman–Crippen LogP) is 2.49. The van der Waals surface area contributed by atoms with Gasteiger partial charge in [-0.25, -0.2) is 0 Å². The molecule has 0 aliphatic carbocycles. The van der Waals surface area contributed by atoms with Crippen LogP contribution in [0.15, 0.2) is 0 Å². The average molecular weight is 240 g/mol. The van der Waals surface area contributed by atoms with Crippen molar-refractivity contribution in [2.24, 2.45) is 5.41 Å². The van der Waals surface area contributed by atoms with Gasteiger partial charge in [-0.1, -0.05) is 0 Å². The van der Waals surface area contributed by atoms with E-state index in [0.717, 1.165) is 0 Å². The largest absolute Gasteiger partial charge is 0.466 e. The van der Waals surface area contributed by atoms with Crippen LogP contribution in [-0.4, -0.2) is 24.5 Å². The van der Waals surface area contributed by atoms with Crippen molar-refractivity contribution in [2.45, 2.75) is 39.8 Å². The standard InChI is InChI=1S/C10H15F3O3/c1-4-16-8(15)9(2,3)6-5-7(14)10(11,12)13/h4-6H2,1-3H3. The fourth-order valence-electron chi connectivity index (χ4n) is 0.996. The lowest BCUT2D eigenvalue weighted by Gasteiger charge is -2.21. The SMILES string of the molecule is CCOC(=O)C(C)(C)CCC(=O)C(F)(F)F. The zero-order valence-electron chi connectivity index (χ0n) is 9.48. The van der Waals surface area contributed by atoms with Crippen LogP contribution >= 0.6 is 0 Å². The van der Waals surface area contributed by atoms with Crippen molar-refractivity contribution in [1.82, 2.24) is 0 Å². The van der Waals surface area contributed by atoms with Crippen LogP contribution < -0.4 is 0 Å². The van der Waals surface area contributed by atoms with Crippen molar-refractivity contribution in [3.05, 3.63) is 0 Å². The molecule has 0 N–H and O–H groups in total. The molecular formula is C10H15F3O3. The van der Waals surface area contributed by atoms with Crippen molar-refractivity contribution in [3.63, 3.8) is 0 Å². The van der Waals surface area contributed by atoms with Crippen LogP contribution in [0.4, 0.5) is 13.2 Å². The number of hydrogen-bond acceptors (Lipinski definition) is 3. The first-order valence-electron chi connectivity index (χ1n) is 4.88. The van der Waals surface area contributed by atoms with E-state index in [0.29, 0.717) is 0 Å². The molecule has 0 rings (SSSR count). The van der Waals surface area contributed by atoms with Crippen LogP contribution in [0.5, 0.6) is 0 Å². The van der Waals surface area contributed by atoms with Crippen LogP contribution in [0, 0.1) is 5.41 Å². The number of hydrogen-bond donors (Lipinski definition) is 0. The van der Waals surface area contributed by atoms with Crippen LogP contribution in [0.2, 0.25) is 0 Å². The van der Waals surface area contributed by atoms with Gasteiger partial charge in [0.1, 0.15) is 0 Å². The highest BCUT2D eigenvalue weighted by Crippen LogP contribution is 2.27. The first-order chi connectivity index (χ1) is 7.11. The Morgan fingerprint density at radius 1 is 1.19 bits per heavy atom. The van der Waals surface area contributed by atoms with E-state index in [9.17, 15) is 22.8 Å². The first-order valence-corrected chi connectivity index (χ1v) is 4.88. The maximum absolute atomic E-state index is 11.9. The summed E-state index contributed by atoms with van der Waals surface area (Å²) in [4.78, 5) is 21.9.